The molecule has 298 valence electrons. The normalized spacial score (nSPS) is 18.9. The molecule has 0 unspecified atom stereocenters. The molecule has 0 spiro atoms. The van der Waals surface area contributed by atoms with Gasteiger partial charge >= 0.3 is 11.9 Å². The summed E-state index contributed by atoms with van der Waals surface area (Å²) in [6.07, 6.45) is 5.36. The van der Waals surface area contributed by atoms with E-state index in [1.165, 1.54) is 11.1 Å². The van der Waals surface area contributed by atoms with E-state index in [0.29, 0.717) is 49.1 Å². The quantitative estimate of drug-likeness (QED) is 0.0674. The van der Waals surface area contributed by atoms with E-state index >= 15 is 0 Å². The van der Waals surface area contributed by atoms with Crippen molar-refractivity contribution in [3.05, 3.63) is 89.0 Å². The van der Waals surface area contributed by atoms with E-state index in [2.05, 4.69) is 31.3 Å². The molecule has 0 amide bonds. The van der Waals surface area contributed by atoms with Crippen LogP contribution in [0.5, 0.6) is 28.7 Å². The Morgan fingerprint density at radius 3 is 1.87 bits per heavy atom. The average molecular weight is 763 g/mol. The number of rotatable bonds is 19. The van der Waals surface area contributed by atoms with Crippen molar-refractivity contribution in [1.29, 1.82) is 0 Å². The van der Waals surface area contributed by atoms with Crippen LogP contribution in [-0.4, -0.2) is 123 Å². The summed E-state index contributed by atoms with van der Waals surface area (Å²) in [6.45, 7) is 6.96. The van der Waals surface area contributed by atoms with E-state index in [-0.39, 0.29) is 19.3 Å². The second kappa shape index (κ2) is 19.7. The minimum absolute atomic E-state index is 0.171. The molecule has 5 rings (SSSR count). The van der Waals surface area contributed by atoms with Crippen molar-refractivity contribution < 1.29 is 56.5 Å². The highest BCUT2D eigenvalue weighted by Crippen LogP contribution is 2.40. The lowest BCUT2D eigenvalue weighted by Crippen LogP contribution is -2.55. The summed E-state index contributed by atoms with van der Waals surface area (Å²) < 4.78 is 45.8. The van der Waals surface area contributed by atoms with Crippen LogP contribution >= 0.6 is 0 Å². The molecule has 0 bridgehead atoms. The number of morpholine rings is 1. The number of hydrogen-bond donors (Lipinski definition) is 0. The van der Waals surface area contributed by atoms with E-state index in [0.717, 1.165) is 90.1 Å². The van der Waals surface area contributed by atoms with Gasteiger partial charge in [0.2, 0.25) is 0 Å². The first-order valence-corrected chi connectivity index (χ1v) is 19.0. The molecule has 12 nitrogen and oxygen atoms in total. The summed E-state index contributed by atoms with van der Waals surface area (Å²) in [5, 5.41) is 0. The Morgan fingerprint density at radius 1 is 0.691 bits per heavy atom. The van der Waals surface area contributed by atoms with Crippen LogP contribution < -0.4 is 23.7 Å². The second-order valence-electron chi connectivity index (χ2n) is 14.5. The number of ether oxygens (including phenoxy) is 8. The molecule has 0 N–H and O–H groups in total. The number of fused-ring (bicyclic) bond motifs is 1. The van der Waals surface area contributed by atoms with Crippen LogP contribution in [0.1, 0.15) is 41.1 Å². The van der Waals surface area contributed by atoms with Crippen molar-refractivity contribution >= 4 is 11.9 Å². The van der Waals surface area contributed by atoms with Gasteiger partial charge in [0, 0.05) is 49.0 Å². The smallest absolute Gasteiger partial charge is 0.331 e. The number of hydrogen-bond acceptors (Lipinski definition) is 10. The Kier molecular flexibility index (Phi) is 14.8. The lowest BCUT2D eigenvalue weighted by molar-refractivity contribution is -0.947. The summed E-state index contributed by atoms with van der Waals surface area (Å²) in [6, 6.07) is 18.6. The number of esters is 2. The minimum atomic E-state index is -0.565. The van der Waals surface area contributed by atoms with Gasteiger partial charge in [0.1, 0.15) is 31.4 Å². The first-order valence-electron chi connectivity index (χ1n) is 19.0. The summed E-state index contributed by atoms with van der Waals surface area (Å²) in [5.41, 5.74) is 4.88. The van der Waals surface area contributed by atoms with Crippen LogP contribution in [0.3, 0.4) is 0 Å². The molecular weight excluding hydrogens is 704 g/mol. The molecule has 0 radical (unpaired) electrons. The van der Waals surface area contributed by atoms with Crippen LogP contribution in [0, 0.1) is 0 Å². The van der Waals surface area contributed by atoms with Crippen molar-refractivity contribution in [1.82, 2.24) is 0 Å². The molecule has 3 aromatic carbocycles. The Balaban J connectivity index is 1.09. The number of carbonyl (C=O) groups is 2. The molecule has 2 aliphatic rings. The van der Waals surface area contributed by atoms with Crippen LogP contribution in [0.15, 0.2) is 66.7 Å². The van der Waals surface area contributed by atoms with Gasteiger partial charge < -0.3 is 46.9 Å². The molecule has 2 atom stereocenters. The SMILES string of the molecule is COc1ccc2c(c1)CC[N@@+](C)(CCCOC(=O)/C=C\C(=O)OCCC[N+]1(Cc3ccc(OC)c(OC)c3)CCOCC1)[C@@H]2Cc1ccc(OC)c(OC)c1. The van der Waals surface area contributed by atoms with Gasteiger partial charge in [0.05, 0.1) is 88.7 Å². The minimum Gasteiger partial charge on any atom is -0.497 e. The lowest BCUT2D eigenvalue weighted by Gasteiger charge is -2.46. The summed E-state index contributed by atoms with van der Waals surface area (Å²) in [5.74, 6) is 2.52. The number of quaternary nitrogens is 2. The van der Waals surface area contributed by atoms with Crippen molar-refractivity contribution in [3.63, 3.8) is 0 Å². The number of carbonyl (C=O) groups excluding carboxylic acids is 2. The zero-order chi connectivity index (χ0) is 39.3. The van der Waals surface area contributed by atoms with Crippen molar-refractivity contribution in [2.75, 3.05) is 102 Å². The van der Waals surface area contributed by atoms with E-state index in [9.17, 15) is 9.59 Å². The van der Waals surface area contributed by atoms with E-state index < -0.39 is 11.9 Å². The molecule has 0 saturated carbocycles. The molecule has 0 aliphatic carbocycles. The Hall–Kier alpha value is -4.78. The van der Waals surface area contributed by atoms with Gasteiger partial charge in [0.25, 0.3) is 0 Å². The molecule has 1 saturated heterocycles. The fourth-order valence-corrected chi connectivity index (χ4v) is 7.91. The number of nitrogens with zero attached hydrogens (tertiary/aromatic N) is 2. The molecule has 55 heavy (non-hydrogen) atoms. The second-order valence-corrected chi connectivity index (χ2v) is 14.5. The first-order chi connectivity index (χ1) is 26.6. The zero-order valence-corrected chi connectivity index (χ0v) is 33.3. The highest BCUT2D eigenvalue weighted by molar-refractivity contribution is 5.91. The highest BCUT2D eigenvalue weighted by atomic mass is 16.5. The van der Waals surface area contributed by atoms with Crippen LogP contribution in [0.2, 0.25) is 0 Å². The summed E-state index contributed by atoms with van der Waals surface area (Å²) in [4.78, 5) is 25.1. The Bertz CT molecular complexity index is 1770. The van der Waals surface area contributed by atoms with Crippen LogP contribution in [-0.2, 0) is 43.2 Å². The monoisotopic (exact) mass is 762 g/mol. The third-order valence-electron chi connectivity index (χ3n) is 11.1. The summed E-state index contributed by atoms with van der Waals surface area (Å²) >= 11 is 0. The molecule has 2 aliphatic heterocycles. The highest BCUT2D eigenvalue weighted by Gasteiger charge is 2.39. The van der Waals surface area contributed by atoms with Gasteiger partial charge in [-0.05, 0) is 59.7 Å². The predicted octanol–water partition coefficient (Wildman–Crippen LogP) is 5.49. The number of benzene rings is 3. The number of methoxy groups -OCH3 is 5. The van der Waals surface area contributed by atoms with Crippen LogP contribution in [0.4, 0.5) is 0 Å². The van der Waals surface area contributed by atoms with E-state index in [1.807, 2.05) is 30.3 Å². The first kappa shape index (κ1) is 41.4. The summed E-state index contributed by atoms with van der Waals surface area (Å²) in [7, 11) is 10.5. The maximum Gasteiger partial charge on any atom is 0.331 e. The molecule has 12 heteroatoms. The largest absolute Gasteiger partial charge is 0.497 e. The third-order valence-corrected chi connectivity index (χ3v) is 11.1. The fourth-order valence-electron chi connectivity index (χ4n) is 7.91. The van der Waals surface area contributed by atoms with Crippen molar-refractivity contribution in [2.24, 2.45) is 0 Å². The molecular formula is C43H58N2O10+2. The number of likely N-dealkylation sites (N-methyl/N-ethyl adjacent to an activating group) is 1. The molecule has 0 aromatic heterocycles. The van der Waals surface area contributed by atoms with E-state index in [4.69, 9.17) is 37.9 Å². The Labute approximate surface area is 325 Å². The fraction of sp³-hybridized carbons (Fsp3) is 0.488. The standard InChI is InChI=1S/C43H58N2O10/c1-44(20-17-34-30-35(48-2)11-12-36(34)37(44)27-32-9-13-38(49-3)40(28-32)51-5)18-7-23-54-42(46)15-16-43(47)55-24-8-19-45(21-25-53-26-22-45)31-33-10-14-39(50-4)41(29-33)52-6/h9-16,28-30,37H,7-8,17-27,31H2,1-6H3/q+2/b16-15-/t37-,44-/m1/s1. The Morgan fingerprint density at radius 2 is 1.27 bits per heavy atom. The van der Waals surface area contributed by atoms with Gasteiger partial charge in [-0.1, -0.05) is 6.07 Å². The lowest BCUT2D eigenvalue weighted by atomic mass is 9.86. The third kappa shape index (κ3) is 10.9. The average Bonchev–Trinajstić information content (AvgIpc) is 3.21. The molecule has 3 aromatic rings. The maximum atomic E-state index is 12.6. The molecule has 1 fully saturated rings. The van der Waals surface area contributed by atoms with Gasteiger partial charge in [-0.2, -0.15) is 0 Å². The predicted molar refractivity (Wildman–Crippen MR) is 208 cm³/mol. The van der Waals surface area contributed by atoms with Gasteiger partial charge in [-0.25, -0.2) is 9.59 Å². The maximum absolute atomic E-state index is 12.6. The van der Waals surface area contributed by atoms with Gasteiger partial charge in [-0.3, -0.25) is 0 Å². The van der Waals surface area contributed by atoms with Gasteiger partial charge in [-0.15, -0.1) is 0 Å². The zero-order valence-electron chi connectivity index (χ0n) is 33.3. The topological polar surface area (TPSA) is 108 Å². The van der Waals surface area contributed by atoms with E-state index in [1.54, 1.807) is 35.5 Å². The van der Waals surface area contributed by atoms with Gasteiger partial charge in [0.15, 0.2) is 23.0 Å². The van der Waals surface area contributed by atoms with Crippen LogP contribution in [0.25, 0.3) is 0 Å². The molecule has 2 heterocycles. The van der Waals surface area contributed by atoms with Crippen molar-refractivity contribution in [3.8, 4) is 28.7 Å². The van der Waals surface area contributed by atoms with Crippen molar-refractivity contribution in [2.45, 2.75) is 38.3 Å².